The van der Waals surface area contributed by atoms with E-state index < -0.39 is 0 Å². The van der Waals surface area contributed by atoms with E-state index in [1.807, 2.05) is 24.4 Å². The average Bonchev–Trinajstić information content (AvgIpc) is 3.02. The van der Waals surface area contributed by atoms with Crippen molar-refractivity contribution in [2.24, 2.45) is 0 Å². The van der Waals surface area contributed by atoms with Crippen LogP contribution in [-0.4, -0.2) is 58.3 Å². The number of carbonyl (C=O) groups excluding carboxylic acids is 2. The summed E-state index contributed by atoms with van der Waals surface area (Å²) in [7, 11) is 0. The number of aryl methyl sites for hydroxylation is 1. The molecule has 3 heterocycles. The Morgan fingerprint density at radius 1 is 1.38 bits per heavy atom. The average molecular weight is 345 g/mol. The highest BCUT2D eigenvalue weighted by atomic mass is 32.1. The van der Waals surface area contributed by atoms with Crippen molar-refractivity contribution in [3.05, 3.63) is 35.0 Å². The quantitative estimate of drug-likeness (QED) is 0.830. The van der Waals surface area contributed by atoms with E-state index in [2.05, 4.69) is 15.3 Å². The molecule has 0 radical (unpaired) electrons. The van der Waals surface area contributed by atoms with Gasteiger partial charge in [0, 0.05) is 37.8 Å². The van der Waals surface area contributed by atoms with Gasteiger partial charge in [-0.15, -0.1) is 11.3 Å². The molecule has 1 saturated heterocycles. The molecule has 0 spiro atoms. The van der Waals surface area contributed by atoms with E-state index in [1.165, 1.54) is 11.3 Å². The summed E-state index contributed by atoms with van der Waals surface area (Å²) in [6, 6.07) is 3.88. The lowest BCUT2D eigenvalue weighted by Crippen LogP contribution is -2.48. The van der Waals surface area contributed by atoms with Gasteiger partial charge in [-0.2, -0.15) is 0 Å². The van der Waals surface area contributed by atoms with Crippen LogP contribution >= 0.6 is 11.3 Å². The smallest absolute Gasteiger partial charge is 0.228 e. The Labute approximate surface area is 144 Å². The Morgan fingerprint density at radius 3 is 2.88 bits per heavy atom. The molecule has 7 nitrogen and oxygen atoms in total. The van der Waals surface area contributed by atoms with Crippen molar-refractivity contribution in [1.82, 2.24) is 19.8 Å². The summed E-state index contributed by atoms with van der Waals surface area (Å²) in [5.74, 6) is 0.790. The van der Waals surface area contributed by atoms with Crippen molar-refractivity contribution in [3.63, 3.8) is 0 Å². The van der Waals surface area contributed by atoms with Gasteiger partial charge in [-0.3, -0.25) is 9.59 Å². The predicted molar refractivity (Wildman–Crippen MR) is 92.3 cm³/mol. The Morgan fingerprint density at radius 2 is 2.17 bits per heavy atom. The Bertz CT molecular complexity index is 725. The number of hydrogen-bond donors (Lipinski definition) is 1. The van der Waals surface area contributed by atoms with E-state index in [1.54, 1.807) is 16.0 Å². The minimum Gasteiger partial charge on any atom is -0.342 e. The molecule has 2 amide bonds. The van der Waals surface area contributed by atoms with Gasteiger partial charge in [0.25, 0.3) is 0 Å². The molecule has 2 aromatic rings. The number of nitrogens with one attached hydrogen (secondary N) is 1. The van der Waals surface area contributed by atoms with Crippen molar-refractivity contribution < 1.29 is 9.59 Å². The Kier molecular flexibility index (Phi) is 5.05. The standard InChI is InChI=1S/C16H19N5O2S/c1-12-2-3-17-14(8-12)19-16-18-13(10-24-16)9-15(23)21-6-4-20(11-22)5-7-21/h2-3,8,10-11H,4-7,9H2,1H3,(H,17,18,19). The molecule has 0 aromatic carbocycles. The maximum Gasteiger partial charge on any atom is 0.228 e. The fourth-order valence-electron chi connectivity index (χ4n) is 2.50. The van der Waals surface area contributed by atoms with Crippen LogP contribution < -0.4 is 5.32 Å². The number of pyridine rings is 1. The molecule has 0 aliphatic carbocycles. The number of anilines is 2. The summed E-state index contributed by atoms with van der Waals surface area (Å²) in [6.07, 6.45) is 2.86. The number of amides is 2. The van der Waals surface area contributed by atoms with Gasteiger partial charge in [0.2, 0.25) is 12.3 Å². The third-order valence-corrected chi connectivity index (χ3v) is 4.66. The maximum absolute atomic E-state index is 12.3. The fourth-order valence-corrected chi connectivity index (χ4v) is 3.22. The van der Waals surface area contributed by atoms with Gasteiger partial charge < -0.3 is 15.1 Å². The summed E-state index contributed by atoms with van der Waals surface area (Å²) < 4.78 is 0. The molecule has 2 aromatic heterocycles. The lowest BCUT2D eigenvalue weighted by Gasteiger charge is -2.32. The Hall–Kier alpha value is -2.48. The van der Waals surface area contributed by atoms with Gasteiger partial charge in [-0.25, -0.2) is 9.97 Å². The largest absolute Gasteiger partial charge is 0.342 e. The first kappa shape index (κ1) is 16.4. The normalized spacial score (nSPS) is 14.5. The van der Waals surface area contributed by atoms with Crippen molar-refractivity contribution in [3.8, 4) is 0 Å². The molecule has 0 unspecified atom stereocenters. The van der Waals surface area contributed by atoms with Gasteiger partial charge in [-0.1, -0.05) is 0 Å². The molecular formula is C16H19N5O2S. The maximum atomic E-state index is 12.3. The molecule has 0 bridgehead atoms. The first-order valence-electron chi connectivity index (χ1n) is 7.75. The van der Waals surface area contributed by atoms with Crippen molar-refractivity contribution >= 4 is 34.6 Å². The SMILES string of the molecule is Cc1ccnc(Nc2nc(CC(=O)N3CCN(C=O)CC3)cs2)c1. The van der Waals surface area contributed by atoms with E-state index in [9.17, 15) is 9.59 Å². The summed E-state index contributed by atoms with van der Waals surface area (Å²) in [6.45, 7) is 4.36. The topological polar surface area (TPSA) is 78.4 Å². The lowest BCUT2D eigenvalue weighted by atomic mass is 10.2. The van der Waals surface area contributed by atoms with Crippen LogP contribution in [0.2, 0.25) is 0 Å². The van der Waals surface area contributed by atoms with E-state index >= 15 is 0 Å². The molecule has 8 heteroatoms. The van der Waals surface area contributed by atoms with Crippen LogP contribution in [0.5, 0.6) is 0 Å². The monoisotopic (exact) mass is 345 g/mol. The molecule has 1 aliphatic heterocycles. The zero-order valence-corrected chi connectivity index (χ0v) is 14.3. The third-order valence-electron chi connectivity index (χ3n) is 3.85. The van der Waals surface area contributed by atoms with Crippen LogP contribution in [0.3, 0.4) is 0 Å². The lowest BCUT2D eigenvalue weighted by molar-refractivity contribution is -0.134. The summed E-state index contributed by atoms with van der Waals surface area (Å²) in [4.78, 5) is 35.2. The fraction of sp³-hybridized carbons (Fsp3) is 0.375. The van der Waals surface area contributed by atoms with Crippen LogP contribution in [0.1, 0.15) is 11.3 Å². The van der Waals surface area contributed by atoms with E-state index in [4.69, 9.17) is 0 Å². The number of carbonyl (C=O) groups is 2. The Balaban J connectivity index is 1.56. The molecule has 3 rings (SSSR count). The molecule has 126 valence electrons. The van der Waals surface area contributed by atoms with Crippen LogP contribution in [-0.2, 0) is 16.0 Å². The third kappa shape index (κ3) is 4.08. The van der Waals surface area contributed by atoms with E-state index in [0.29, 0.717) is 26.2 Å². The highest BCUT2D eigenvalue weighted by Crippen LogP contribution is 2.20. The second kappa shape index (κ2) is 7.39. The number of rotatable bonds is 5. The minimum absolute atomic E-state index is 0.0473. The van der Waals surface area contributed by atoms with Gasteiger partial charge >= 0.3 is 0 Å². The number of piperazine rings is 1. The van der Waals surface area contributed by atoms with Crippen LogP contribution in [0.15, 0.2) is 23.7 Å². The molecule has 0 atom stereocenters. The second-order valence-corrected chi connectivity index (χ2v) is 6.54. The summed E-state index contributed by atoms with van der Waals surface area (Å²) in [5, 5.41) is 5.77. The summed E-state index contributed by atoms with van der Waals surface area (Å²) in [5.41, 5.74) is 1.87. The van der Waals surface area contributed by atoms with Crippen LogP contribution in [0, 0.1) is 6.92 Å². The number of hydrogen-bond acceptors (Lipinski definition) is 6. The number of aromatic nitrogens is 2. The van der Waals surface area contributed by atoms with Gasteiger partial charge in [0.05, 0.1) is 12.1 Å². The highest BCUT2D eigenvalue weighted by molar-refractivity contribution is 7.13. The molecule has 0 saturated carbocycles. The zero-order chi connectivity index (χ0) is 16.9. The van der Waals surface area contributed by atoms with Crippen molar-refractivity contribution in [2.45, 2.75) is 13.3 Å². The van der Waals surface area contributed by atoms with Crippen molar-refractivity contribution in [1.29, 1.82) is 0 Å². The molecule has 1 fully saturated rings. The van der Waals surface area contributed by atoms with E-state index in [0.717, 1.165) is 28.6 Å². The second-order valence-electron chi connectivity index (χ2n) is 5.69. The van der Waals surface area contributed by atoms with E-state index in [-0.39, 0.29) is 12.3 Å². The first-order valence-corrected chi connectivity index (χ1v) is 8.63. The molecule has 24 heavy (non-hydrogen) atoms. The minimum atomic E-state index is 0.0473. The van der Waals surface area contributed by atoms with Crippen LogP contribution in [0.25, 0.3) is 0 Å². The van der Waals surface area contributed by atoms with Crippen molar-refractivity contribution in [2.75, 3.05) is 31.5 Å². The highest BCUT2D eigenvalue weighted by Gasteiger charge is 2.21. The van der Waals surface area contributed by atoms with Gasteiger partial charge in [0.1, 0.15) is 5.82 Å². The van der Waals surface area contributed by atoms with Gasteiger partial charge in [0.15, 0.2) is 5.13 Å². The molecular weight excluding hydrogens is 326 g/mol. The molecule has 1 N–H and O–H groups in total. The summed E-state index contributed by atoms with van der Waals surface area (Å²) >= 11 is 1.46. The number of nitrogens with zero attached hydrogens (tertiary/aromatic N) is 4. The zero-order valence-electron chi connectivity index (χ0n) is 13.4. The van der Waals surface area contributed by atoms with Crippen LogP contribution in [0.4, 0.5) is 10.9 Å². The number of thiazole rings is 1. The van der Waals surface area contributed by atoms with Gasteiger partial charge in [-0.05, 0) is 24.6 Å². The predicted octanol–water partition coefficient (Wildman–Crippen LogP) is 1.43. The first-order chi connectivity index (χ1) is 11.6. The molecule has 1 aliphatic rings.